The molecule has 0 aliphatic carbocycles. The third-order valence-corrected chi connectivity index (χ3v) is 2.74. The van der Waals surface area contributed by atoms with Crippen molar-refractivity contribution in [3.8, 4) is 0 Å². The summed E-state index contributed by atoms with van der Waals surface area (Å²) in [7, 11) is 0. The van der Waals surface area contributed by atoms with Gasteiger partial charge in [0.1, 0.15) is 5.50 Å². The molecule has 3 N–H and O–H groups in total. The number of nitrogens with two attached hydrogens (primary N) is 1. The van der Waals surface area contributed by atoms with Crippen LogP contribution in [0.3, 0.4) is 0 Å². The Labute approximate surface area is 70.2 Å². The summed E-state index contributed by atoms with van der Waals surface area (Å²) in [6, 6.07) is 6.23. The molecule has 58 valence electrons. The number of aryl methyl sites for hydroxylation is 1. The van der Waals surface area contributed by atoms with Gasteiger partial charge >= 0.3 is 0 Å². The second kappa shape index (κ2) is 2.43. The van der Waals surface area contributed by atoms with Crippen LogP contribution in [0, 0.1) is 6.92 Å². The molecule has 3 heteroatoms. The largest absolute Gasteiger partial charge is 0.360 e. The fourth-order valence-electron chi connectivity index (χ4n) is 1.23. The van der Waals surface area contributed by atoms with Gasteiger partial charge in [-0.15, -0.1) is 0 Å². The highest BCUT2D eigenvalue weighted by molar-refractivity contribution is 8.00. The van der Waals surface area contributed by atoms with Crippen LogP contribution in [-0.2, 0) is 0 Å². The van der Waals surface area contributed by atoms with E-state index in [2.05, 4.69) is 30.4 Å². The van der Waals surface area contributed by atoms with Crippen molar-refractivity contribution in [2.24, 2.45) is 5.73 Å². The molecule has 0 amide bonds. The normalized spacial score (nSPS) is 21.1. The minimum Gasteiger partial charge on any atom is -0.360 e. The SMILES string of the molecule is Cc1cccc2c1NC(N)S2. The topological polar surface area (TPSA) is 38.0 Å². The first kappa shape index (κ1) is 7.00. The van der Waals surface area contributed by atoms with Crippen LogP contribution < -0.4 is 11.1 Å². The van der Waals surface area contributed by atoms with E-state index in [4.69, 9.17) is 5.73 Å². The van der Waals surface area contributed by atoms with Gasteiger partial charge in [-0.25, -0.2) is 0 Å². The average Bonchev–Trinajstić information content (AvgIpc) is 2.31. The van der Waals surface area contributed by atoms with Crippen molar-refractivity contribution in [2.45, 2.75) is 17.3 Å². The van der Waals surface area contributed by atoms with Crippen molar-refractivity contribution in [3.05, 3.63) is 23.8 Å². The smallest absolute Gasteiger partial charge is 0.127 e. The van der Waals surface area contributed by atoms with Gasteiger partial charge in [0.2, 0.25) is 0 Å². The zero-order valence-corrected chi connectivity index (χ0v) is 7.11. The van der Waals surface area contributed by atoms with Crippen LogP contribution in [-0.4, -0.2) is 5.50 Å². The molecule has 1 aliphatic heterocycles. The Balaban J connectivity index is 2.49. The molecule has 11 heavy (non-hydrogen) atoms. The summed E-state index contributed by atoms with van der Waals surface area (Å²) in [5.41, 5.74) is 8.20. The molecular weight excluding hydrogens is 156 g/mol. The lowest BCUT2D eigenvalue weighted by atomic mass is 10.2. The molecule has 1 aromatic carbocycles. The number of hydrogen-bond donors (Lipinski definition) is 2. The lowest BCUT2D eigenvalue weighted by Gasteiger charge is -2.03. The van der Waals surface area contributed by atoms with Crippen LogP contribution >= 0.6 is 11.8 Å². The summed E-state index contributed by atoms with van der Waals surface area (Å²) >= 11 is 1.67. The van der Waals surface area contributed by atoms with Gasteiger partial charge in [-0.05, 0) is 18.6 Å². The van der Waals surface area contributed by atoms with E-state index in [0.29, 0.717) is 0 Å². The van der Waals surface area contributed by atoms with Crippen LogP contribution in [0.1, 0.15) is 5.56 Å². The molecule has 1 unspecified atom stereocenters. The molecule has 0 spiro atoms. The maximum Gasteiger partial charge on any atom is 0.127 e. The molecule has 0 radical (unpaired) electrons. The van der Waals surface area contributed by atoms with Crippen molar-refractivity contribution in [2.75, 3.05) is 5.32 Å². The first-order valence-corrected chi connectivity index (χ1v) is 4.44. The van der Waals surface area contributed by atoms with E-state index in [9.17, 15) is 0 Å². The zero-order chi connectivity index (χ0) is 7.84. The van der Waals surface area contributed by atoms with E-state index in [1.165, 1.54) is 16.1 Å². The molecule has 2 rings (SSSR count). The first-order valence-electron chi connectivity index (χ1n) is 3.56. The molecule has 0 saturated carbocycles. The standard InChI is InChI=1S/C8H10N2S/c1-5-3-2-4-6-7(5)10-8(9)11-6/h2-4,8,10H,9H2,1H3. The second-order valence-corrected chi connectivity index (χ2v) is 3.81. The first-order chi connectivity index (χ1) is 5.27. The molecule has 1 atom stereocenters. The van der Waals surface area contributed by atoms with Crippen LogP contribution in [0.25, 0.3) is 0 Å². The molecule has 2 nitrogen and oxygen atoms in total. The van der Waals surface area contributed by atoms with E-state index >= 15 is 0 Å². The monoisotopic (exact) mass is 166 g/mol. The minimum absolute atomic E-state index is 0.0334. The number of benzene rings is 1. The van der Waals surface area contributed by atoms with Crippen LogP contribution in [0.2, 0.25) is 0 Å². The number of thioether (sulfide) groups is 1. The predicted octanol–water partition coefficient (Wildman–Crippen LogP) is 1.75. The Morgan fingerprint density at radius 2 is 2.36 bits per heavy atom. The molecule has 0 bridgehead atoms. The summed E-state index contributed by atoms with van der Waals surface area (Å²) < 4.78 is 0. The molecule has 0 aromatic heterocycles. The van der Waals surface area contributed by atoms with Crippen LogP contribution in [0.4, 0.5) is 5.69 Å². The summed E-state index contributed by atoms with van der Waals surface area (Å²) in [5, 5.41) is 3.21. The van der Waals surface area contributed by atoms with Crippen molar-refractivity contribution in [3.63, 3.8) is 0 Å². The van der Waals surface area contributed by atoms with E-state index in [1.807, 2.05) is 0 Å². The van der Waals surface area contributed by atoms with Crippen molar-refractivity contribution in [1.29, 1.82) is 0 Å². The molecule has 1 aromatic rings. The summed E-state index contributed by atoms with van der Waals surface area (Å²) in [5.74, 6) is 0. The molecular formula is C8H10N2S. The highest BCUT2D eigenvalue weighted by Crippen LogP contribution is 2.37. The average molecular weight is 166 g/mol. The van der Waals surface area contributed by atoms with Crippen molar-refractivity contribution < 1.29 is 0 Å². The van der Waals surface area contributed by atoms with Gasteiger partial charge in [0.15, 0.2) is 0 Å². The molecule has 1 heterocycles. The van der Waals surface area contributed by atoms with Gasteiger partial charge < -0.3 is 11.1 Å². The third kappa shape index (κ3) is 1.10. The fourth-order valence-corrected chi connectivity index (χ4v) is 2.18. The fraction of sp³-hybridized carbons (Fsp3) is 0.250. The Bertz CT molecular complexity index is 285. The number of fused-ring (bicyclic) bond motifs is 1. The van der Waals surface area contributed by atoms with Crippen LogP contribution in [0.15, 0.2) is 23.1 Å². The summed E-state index contributed by atoms with van der Waals surface area (Å²) in [4.78, 5) is 1.26. The maximum atomic E-state index is 5.71. The lowest BCUT2D eigenvalue weighted by Crippen LogP contribution is -2.20. The van der Waals surface area contributed by atoms with Gasteiger partial charge in [-0.1, -0.05) is 23.9 Å². The van der Waals surface area contributed by atoms with Gasteiger partial charge in [-0.2, -0.15) is 0 Å². The summed E-state index contributed by atoms with van der Waals surface area (Å²) in [6.45, 7) is 2.09. The van der Waals surface area contributed by atoms with Gasteiger partial charge in [-0.3, -0.25) is 0 Å². The van der Waals surface area contributed by atoms with E-state index < -0.39 is 0 Å². The molecule has 0 saturated heterocycles. The maximum absolute atomic E-state index is 5.71. The highest BCUT2D eigenvalue weighted by atomic mass is 32.2. The Kier molecular flexibility index (Phi) is 1.55. The van der Waals surface area contributed by atoms with Crippen molar-refractivity contribution >= 4 is 17.4 Å². The predicted molar refractivity (Wildman–Crippen MR) is 48.6 cm³/mol. The quantitative estimate of drug-likeness (QED) is 0.616. The Morgan fingerprint density at radius 3 is 3.09 bits per heavy atom. The van der Waals surface area contributed by atoms with Crippen LogP contribution in [0.5, 0.6) is 0 Å². The Hall–Kier alpha value is -0.670. The number of para-hydroxylation sites is 1. The number of anilines is 1. The molecule has 1 aliphatic rings. The Morgan fingerprint density at radius 1 is 1.55 bits per heavy atom. The highest BCUT2D eigenvalue weighted by Gasteiger charge is 2.18. The van der Waals surface area contributed by atoms with Crippen molar-refractivity contribution in [1.82, 2.24) is 0 Å². The van der Waals surface area contributed by atoms with Gasteiger partial charge in [0, 0.05) is 4.90 Å². The third-order valence-electron chi connectivity index (χ3n) is 1.78. The lowest BCUT2D eigenvalue weighted by molar-refractivity contribution is 1.08. The van der Waals surface area contributed by atoms with E-state index in [0.717, 1.165) is 0 Å². The molecule has 0 fully saturated rings. The van der Waals surface area contributed by atoms with Gasteiger partial charge in [0.25, 0.3) is 0 Å². The van der Waals surface area contributed by atoms with E-state index in [1.54, 1.807) is 11.8 Å². The summed E-state index contributed by atoms with van der Waals surface area (Å²) in [6.07, 6.45) is 0. The van der Waals surface area contributed by atoms with Gasteiger partial charge in [0.05, 0.1) is 5.69 Å². The number of hydrogen-bond acceptors (Lipinski definition) is 3. The second-order valence-electron chi connectivity index (χ2n) is 2.63. The number of nitrogens with one attached hydrogen (secondary N) is 1. The zero-order valence-electron chi connectivity index (χ0n) is 6.29. The minimum atomic E-state index is 0.0334. The number of rotatable bonds is 0. The van der Waals surface area contributed by atoms with E-state index in [-0.39, 0.29) is 5.50 Å².